The maximum atomic E-state index is 10.6. The summed E-state index contributed by atoms with van der Waals surface area (Å²) in [7, 11) is 0. The van der Waals surface area contributed by atoms with Crippen molar-refractivity contribution in [3.05, 3.63) is 47.7 Å². The second kappa shape index (κ2) is 7.68. The maximum Gasteiger partial charge on any atom is 0.185 e. The highest BCUT2D eigenvalue weighted by atomic mass is 16.3. The summed E-state index contributed by atoms with van der Waals surface area (Å²) in [5, 5.41) is 0. The van der Waals surface area contributed by atoms with Gasteiger partial charge in [0.1, 0.15) is 5.76 Å². The molecule has 2 nitrogen and oxygen atoms in total. The first-order valence-corrected chi connectivity index (χ1v) is 7.48. The molecule has 0 saturated carbocycles. The molecule has 20 heavy (non-hydrogen) atoms. The van der Waals surface area contributed by atoms with Gasteiger partial charge in [-0.25, -0.2) is 0 Å². The number of carbonyl (C=O) groups excluding carboxylic acids is 1. The minimum atomic E-state index is 0.375. The molecule has 1 aromatic heterocycles. The molecule has 0 aliphatic heterocycles. The van der Waals surface area contributed by atoms with Crippen LogP contribution in [0.5, 0.6) is 0 Å². The van der Waals surface area contributed by atoms with Crippen LogP contribution in [0.1, 0.15) is 55.1 Å². The maximum absolute atomic E-state index is 10.6. The van der Waals surface area contributed by atoms with Gasteiger partial charge < -0.3 is 4.42 Å². The number of furan rings is 1. The van der Waals surface area contributed by atoms with Crippen molar-refractivity contribution in [1.29, 1.82) is 0 Å². The zero-order valence-electron chi connectivity index (χ0n) is 12.1. The Labute approximate surface area is 120 Å². The number of hydrogen-bond donors (Lipinski definition) is 0. The minimum Gasteiger partial charge on any atom is -0.453 e. The second-order valence-corrected chi connectivity index (χ2v) is 5.18. The van der Waals surface area contributed by atoms with Crippen LogP contribution in [0.3, 0.4) is 0 Å². The van der Waals surface area contributed by atoms with E-state index in [0.717, 1.165) is 24.0 Å². The highest BCUT2D eigenvalue weighted by molar-refractivity contribution is 5.72. The van der Waals surface area contributed by atoms with E-state index in [-0.39, 0.29) is 0 Å². The molecule has 1 aromatic carbocycles. The molecular weight excluding hydrogens is 248 g/mol. The Balaban J connectivity index is 1.87. The summed E-state index contributed by atoms with van der Waals surface area (Å²) in [6, 6.07) is 12.0. The first-order chi connectivity index (χ1) is 9.83. The predicted molar refractivity (Wildman–Crippen MR) is 82.0 cm³/mol. The third-order valence-corrected chi connectivity index (χ3v) is 3.55. The highest BCUT2D eigenvalue weighted by Crippen LogP contribution is 2.22. The molecule has 0 amide bonds. The van der Waals surface area contributed by atoms with Crippen LogP contribution in [0.4, 0.5) is 0 Å². The van der Waals surface area contributed by atoms with Crippen LogP contribution < -0.4 is 0 Å². The number of carbonyl (C=O) groups is 1. The fourth-order valence-corrected chi connectivity index (χ4v) is 2.34. The van der Waals surface area contributed by atoms with E-state index < -0.39 is 0 Å². The molecule has 0 saturated heterocycles. The van der Waals surface area contributed by atoms with E-state index in [9.17, 15) is 4.79 Å². The Morgan fingerprint density at radius 3 is 2.35 bits per heavy atom. The van der Waals surface area contributed by atoms with Crippen molar-refractivity contribution in [2.75, 3.05) is 0 Å². The van der Waals surface area contributed by atoms with Gasteiger partial charge in [-0.15, -0.1) is 0 Å². The number of aryl methyl sites for hydroxylation is 1. The normalized spacial score (nSPS) is 10.7. The van der Waals surface area contributed by atoms with Gasteiger partial charge in [-0.05, 0) is 30.5 Å². The summed E-state index contributed by atoms with van der Waals surface area (Å²) in [6.07, 6.45) is 8.42. The summed E-state index contributed by atoms with van der Waals surface area (Å²) < 4.78 is 5.42. The summed E-state index contributed by atoms with van der Waals surface area (Å²) in [6.45, 7) is 2.24. The summed E-state index contributed by atoms with van der Waals surface area (Å²) in [4.78, 5) is 10.6. The quantitative estimate of drug-likeness (QED) is 0.483. The van der Waals surface area contributed by atoms with Crippen LogP contribution in [0, 0.1) is 0 Å². The second-order valence-electron chi connectivity index (χ2n) is 5.18. The Kier molecular flexibility index (Phi) is 5.60. The van der Waals surface area contributed by atoms with Gasteiger partial charge in [-0.3, -0.25) is 4.79 Å². The molecule has 2 aromatic rings. The fourth-order valence-electron chi connectivity index (χ4n) is 2.34. The van der Waals surface area contributed by atoms with Gasteiger partial charge in [0.25, 0.3) is 0 Å². The SMILES string of the molecule is CCCCCCCc1ccc(-c2ccc(C=O)o2)cc1. The number of rotatable bonds is 8. The predicted octanol–water partition coefficient (Wildman–Crippen LogP) is 5.27. The third kappa shape index (κ3) is 4.09. The first-order valence-electron chi connectivity index (χ1n) is 7.48. The monoisotopic (exact) mass is 270 g/mol. The molecule has 2 rings (SSSR count). The van der Waals surface area contributed by atoms with Crippen molar-refractivity contribution >= 4 is 6.29 Å². The van der Waals surface area contributed by atoms with Gasteiger partial charge in [0.15, 0.2) is 12.0 Å². The Hall–Kier alpha value is -1.83. The number of unbranched alkanes of at least 4 members (excludes halogenated alkanes) is 4. The van der Waals surface area contributed by atoms with Crippen LogP contribution in [-0.2, 0) is 6.42 Å². The average Bonchev–Trinajstić information content (AvgIpc) is 2.97. The topological polar surface area (TPSA) is 30.2 Å². The molecule has 0 spiro atoms. The molecule has 0 radical (unpaired) electrons. The van der Waals surface area contributed by atoms with Gasteiger partial charge >= 0.3 is 0 Å². The lowest BCUT2D eigenvalue weighted by molar-refractivity contribution is 0.110. The molecule has 0 atom stereocenters. The zero-order valence-corrected chi connectivity index (χ0v) is 12.1. The van der Waals surface area contributed by atoms with E-state index in [0.29, 0.717) is 5.76 Å². The minimum absolute atomic E-state index is 0.375. The van der Waals surface area contributed by atoms with E-state index in [4.69, 9.17) is 4.42 Å². The van der Waals surface area contributed by atoms with Crippen LogP contribution in [0.15, 0.2) is 40.8 Å². The summed E-state index contributed by atoms with van der Waals surface area (Å²) in [5.41, 5.74) is 2.39. The van der Waals surface area contributed by atoms with Crippen LogP contribution in [0.2, 0.25) is 0 Å². The molecule has 0 bridgehead atoms. The van der Waals surface area contributed by atoms with Crippen molar-refractivity contribution in [2.24, 2.45) is 0 Å². The van der Waals surface area contributed by atoms with Crippen LogP contribution in [-0.4, -0.2) is 6.29 Å². The van der Waals surface area contributed by atoms with Crippen molar-refractivity contribution in [1.82, 2.24) is 0 Å². The average molecular weight is 270 g/mol. The largest absolute Gasteiger partial charge is 0.453 e. The first kappa shape index (κ1) is 14.6. The van der Waals surface area contributed by atoms with Gasteiger partial charge in [0.2, 0.25) is 0 Å². The Morgan fingerprint density at radius 1 is 0.950 bits per heavy atom. The molecule has 0 N–H and O–H groups in total. The fraction of sp³-hybridized carbons (Fsp3) is 0.389. The standard InChI is InChI=1S/C18H22O2/c1-2-3-4-5-6-7-15-8-10-16(11-9-15)18-13-12-17(14-19)20-18/h8-14H,2-7H2,1H3. The molecule has 2 heteroatoms. The molecule has 0 aliphatic carbocycles. The number of aldehydes is 1. The van der Waals surface area contributed by atoms with E-state index in [1.54, 1.807) is 6.07 Å². The molecule has 1 heterocycles. The van der Waals surface area contributed by atoms with Crippen molar-refractivity contribution < 1.29 is 9.21 Å². The number of hydrogen-bond acceptors (Lipinski definition) is 2. The third-order valence-electron chi connectivity index (χ3n) is 3.55. The highest BCUT2D eigenvalue weighted by Gasteiger charge is 2.04. The van der Waals surface area contributed by atoms with Gasteiger partial charge in [-0.2, -0.15) is 0 Å². The van der Waals surface area contributed by atoms with E-state index in [2.05, 4.69) is 31.2 Å². The Bertz CT molecular complexity index is 523. The van der Waals surface area contributed by atoms with E-state index in [1.807, 2.05) is 6.07 Å². The lowest BCUT2D eigenvalue weighted by Gasteiger charge is -2.03. The van der Waals surface area contributed by atoms with Crippen molar-refractivity contribution in [3.63, 3.8) is 0 Å². The zero-order chi connectivity index (χ0) is 14.2. The van der Waals surface area contributed by atoms with Gasteiger partial charge in [0.05, 0.1) is 0 Å². The van der Waals surface area contributed by atoms with Crippen LogP contribution >= 0.6 is 0 Å². The van der Waals surface area contributed by atoms with E-state index in [1.165, 1.54) is 37.7 Å². The van der Waals surface area contributed by atoms with Crippen molar-refractivity contribution in [2.45, 2.75) is 45.4 Å². The summed E-state index contributed by atoms with van der Waals surface area (Å²) in [5.74, 6) is 1.13. The van der Waals surface area contributed by atoms with Gasteiger partial charge in [-0.1, -0.05) is 56.9 Å². The van der Waals surface area contributed by atoms with Gasteiger partial charge in [0, 0.05) is 5.56 Å². The lowest BCUT2D eigenvalue weighted by Crippen LogP contribution is -1.86. The van der Waals surface area contributed by atoms with E-state index >= 15 is 0 Å². The van der Waals surface area contributed by atoms with Crippen LogP contribution in [0.25, 0.3) is 11.3 Å². The summed E-state index contributed by atoms with van der Waals surface area (Å²) >= 11 is 0. The molecule has 0 unspecified atom stereocenters. The molecular formula is C18H22O2. The smallest absolute Gasteiger partial charge is 0.185 e. The van der Waals surface area contributed by atoms with Crippen molar-refractivity contribution in [3.8, 4) is 11.3 Å². The molecule has 106 valence electrons. The number of benzene rings is 1. The molecule has 0 fully saturated rings. The lowest BCUT2D eigenvalue weighted by atomic mass is 10.0. The Morgan fingerprint density at radius 2 is 1.70 bits per heavy atom. The molecule has 0 aliphatic rings.